The Kier molecular flexibility index (Phi) is 3.88. The van der Waals surface area contributed by atoms with Crippen LogP contribution in [0.15, 0.2) is 91.0 Å². The number of fused-ring (bicyclic) bond motifs is 1. The zero-order valence-corrected chi connectivity index (χ0v) is 13.3. The maximum absolute atomic E-state index is 3.42. The summed E-state index contributed by atoms with van der Waals surface area (Å²) >= 11 is 0. The molecule has 3 aromatic carbocycles. The van der Waals surface area contributed by atoms with Crippen LogP contribution in [0.25, 0.3) is 6.08 Å². The van der Waals surface area contributed by atoms with E-state index in [0.717, 1.165) is 11.3 Å². The third-order valence-corrected chi connectivity index (χ3v) is 4.11. The second-order valence-electron chi connectivity index (χ2n) is 5.70. The van der Waals surface area contributed by atoms with Gasteiger partial charge >= 0.3 is 0 Å². The molecule has 114 valence electrons. The van der Waals surface area contributed by atoms with Crippen LogP contribution in [0, 0.1) is 11.8 Å². The first-order valence-electron chi connectivity index (χ1n) is 8.10. The SMILES string of the molecule is C(#CC1C=Cc2ccccc2N1c1ccccc1)c1ccccc1. The molecule has 1 heteroatoms. The first kappa shape index (κ1) is 14.4. The van der Waals surface area contributed by atoms with Crippen LogP contribution < -0.4 is 4.90 Å². The van der Waals surface area contributed by atoms with Crippen LogP contribution in [0.5, 0.6) is 0 Å². The minimum Gasteiger partial charge on any atom is -0.323 e. The Labute approximate surface area is 142 Å². The van der Waals surface area contributed by atoms with Crippen LogP contribution in [-0.4, -0.2) is 6.04 Å². The molecule has 1 unspecified atom stereocenters. The van der Waals surface area contributed by atoms with E-state index in [1.54, 1.807) is 0 Å². The van der Waals surface area contributed by atoms with E-state index in [9.17, 15) is 0 Å². The van der Waals surface area contributed by atoms with Crippen LogP contribution >= 0.6 is 0 Å². The van der Waals surface area contributed by atoms with E-state index in [1.807, 2.05) is 36.4 Å². The monoisotopic (exact) mass is 307 g/mol. The van der Waals surface area contributed by atoms with Crippen molar-refractivity contribution < 1.29 is 0 Å². The maximum Gasteiger partial charge on any atom is 0.114 e. The number of hydrogen-bond donors (Lipinski definition) is 0. The quantitative estimate of drug-likeness (QED) is 0.553. The van der Waals surface area contributed by atoms with E-state index in [1.165, 1.54) is 11.3 Å². The lowest BCUT2D eigenvalue weighted by molar-refractivity contribution is 0.960. The molecule has 0 saturated heterocycles. The van der Waals surface area contributed by atoms with Gasteiger partial charge in [0.25, 0.3) is 0 Å². The molecule has 0 radical (unpaired) electrons. The average Bonchev–Trinajstić information content (AvgIpc) is 2.67. The van der Waals surface area contributed by atoms with Crippen molar-refractivity contribution in [2.45, 2.75) is 6.04 Å². The summed E-state index contributed by atoms with van der Waals surface area (Å²) in [5, 5.41) is 0. The molecule has 1 heterocycles. The molecule has 24 heavy (non-hydrogen) atoms. The Bertz CT molecular complexity index is 914. The third kappa shape index (κ3) is 2.83. The zero-order valence-electron chi connectivity index (χ0n) is 13.3. The highest BCUT2D eigenvalue weighted by Crippen LogP contribution is 2.35. The lowest BCUT2D eigenvalue weighted by atomic mass is 10.0. The van der Waals surface area contributed by atoms with Crippen molar-refractivity contribution in [3.63, 3.8) is 0 Å². The van der Waals surface area contributed by atoms with Crippen molar-refractivity contribution in [2.24, 2.45) is 0 Å². The highest BCUT2D eigenvalue weighted by molar-refractivity contribution is 5.79. The predicted octanol–water partition coefficient (Wildman–Crippen LogP) is 5.27. The van der Waals surface area contributed by atoms with Gasteiger partial charge in [-0.05, 0) is 42.0 Å². The summed E-state index contributed by atoms with van der Waals surface area (Å²) in [6.07, 6.45) is 4.34. The molecule has 0 fully saturated rings. The van der Waals surface area contributed by atoms with E-state index in [0.29, 0.717) is 0 Å². The smallest absolute Gasteiger partial charge is 0.114 e. The Morgan fingerprint density at radius 3 is 2.17 bits per heavy atom. The molecule has 0 bridgehead atoms. The molecule has 0 saturated carbocycles. The lowest BCUT2D eigenvalue weighted by Gasteiger charge is -2.33. The Hall–Kier alpha value is -3.24. The molecular formula is C23H17N. The highest BCUT2D eigenvalue weighted by Gasteiger charge is 2.22. The van der Waals surface area contributed by atoms with Crippen molar-refractivity contribution in [1.29, 1.82) is 0 Å². The lowest BCUT2D eigenvalue weighted by Crippen LogP contribution is -2.30. The van der Waals surface area contributed by atoms with Crippen molar-refractivity contribution in [3.8, 4) is 11.8 Å². The number of anilines is 2. The minimum absolute atomic E-state index is 0.0162. The molecule has 0 spiro atoms. The van der Waals surface area contributed by atoms with Crippen LogP contribution in [0.2, 0.25) is 0 Å². The molecule has 1 nitrogen and oxygen atoms in total. The molecular weight excluding hydrogens is 290 g/mol. The van der Waals surface area contributed by atoms with Crippen LogP contribution in [0.3, 0.4) is 0 Å². The number of para-hydroxylation sites is 2. The Morgan fingerprint density at radius 1 is 0.708 bits per heavy atom. The molecule has 4 rings (SSSR count). The van der Waals surface area contributed by atoms with Crippen molar-refractivity contribution in [2.75, 3.05) is 4.90 Å². The second-order valence-corrected chi connectivity index (χ2v) is 5.70. The summed E-state index contributed by atoms with van der Waals surface area (Å²) in [4.78, 5) is 2.30. The van der Waals surface area contributed by atoms with Gasteiger partial charge in [-0.3, -0.25) is 0 Å². The van der Waals surface area contributed by atoms with Gasteiger partial charge in [-0.2, -0.15) is 0 Å². The van der Waals surface area contributed by atoms with Gasteiger partial charge in [0.05, 0.1) is 0 Å². The molecule has 1 atom stereocenters. The fraction of sp³-hybridized carbons (Fsp3) is 0.0435. The molecule has 1 aliphatic rings. The topological polar surface area (TPSA) is 3.24 Å². The summed E-state index contributed by atoms with van der Waals surface area (Å²) in [5.74, 6) is 6.72. The van der Waals surface area contributed by atoms with Crippen LogP contribution in [0.1, 0.15) is 11.1 Å². The molecule has 1 aliphatic heterocycles. The number of nitrogens with zero attached hydrogens (tertiary/aromatic N) is 1. The molecule has 0 aliphatic carbocycles. The van der Waals surface area contributed by atoms with E-state index in [2.05, 4.69) is 77.4 Å². The molecule has 0 N–H and O–H groups in total. The summed E-state index contributed by atoms with van der Waals surface area (Å²) in [6, 6.07) is 29.0. The van der Waals surface area contributed by atoms with Crippen molar-refractivity contribution in [3.05, 3.63) is 102 Å². The van der Waals surface area contributed by atoms with Gasteiger partial charge in [0, 0.05) is 16.9 Å². The summed E-state index contributed by atoms with van der Waals surface area (Å²) in [7, 11) is 0. The maximum atomic E-state index is 3.42. The first-order chi connectivity index (χ1) is 11.9. The van der Waals surface area contributed by atoms with Gasteiger partial charge in [-0.15, -0.1) is 0 Å². The Balaban J connectivity index is 1.78. The molecule has 0 amide bonds. The number of rotatable bonds is 1. The second kappa shape index (κ2) is 6.48. The zero-order chi connectivity index (χ0) is 16.2. The first-order valence-corrected chi connectivity index (χ1v) is 8.10. The largest absolute Gasteiger partial charge is 0.323 e. The van der Waals surface area contributed by atoms with Gasteiger partial charge < -0.3 is 4.90 Å². The third-order valence-electron chi connectivity index (χ3n) is 4.11. The van der Waals surface area contributed by atoms with Gasteiger partial charge in [0.2, 0.25) is 0 Å². The molecule has 0 aromatic heterocycles. The highest BCUT2D eigenvalue weighted by atomic mass is 15.2. The number of hydrogen-bond acceptors (Lipinski definition) is 1. The number of benzene rings is 3. The van der Waals surface area contributed by atoms with Crippen molar-refractivity contribution >= 4 is 17.5 Å². The van der Waals surface area contributed by atoms with Gasteiger partial charge in [-0.1, -0.05) is 72.5 Å². The minimum atomic E-state index is 0.0162. The predicted molar refractivity (Wildman–Crippen MR) is 101 cm³/mol. The van der Waals surface area contributed by atoms with Crippen LogP contribution in [-0.2, 0) is 0 Å². The Morgan fingerprint density at radius 2 is 1.38 bits per heavy atom. The summed E-state index contributed by atoms with van der Waals surface area (Å²) < 4.78 is 0. The van der Waals surface area contributed by atoms with Gasteiger partial charge in [0.15, 0.2) is 0 Å². The molecule has 3 aromatic rings. The van der Waals surface area contributed by atoms with Crippen LogP contribution in [0.4, 0.5) is 11.4 Å². The fourth-order valence-electron chi connectivity index (χ4n) is 2.96. The van der Waals surface area contributed by atoms with E-state index >= 15 is 0 Å². The van der Waals surface area contributed by atoms with E-state index < -0.39 is 0 Å². The summed E-state index contributed by atoms with van der Waals surface area (Å²) in [6.45, 7) is 0. The standard InChI is InChI=1S/C23H17N/c1-3-9-19(10-4-1)15-17-22-18-16-20-11-7-8-14-23(20)24(22)21-12-5-2-6-13-21/h1-14,16,18,22H. The summed E-state index contributed by atoms with van der Waals surface area (Å²) in [5.41, 5.74) is 4.61. The fourth-order valence-corrected chi connectivity index (χ4v) is 2.96. The average molecular weight is 307 g/mol. The van der Waals surface area contributed by atoms with Gasteiger partial charge in [0.1, 0.15) is 6.04 Å². The van der Waals surface area contributed by atoms with E-state index in [4.69, 9.17) is 0 Å². The van der Waals surface area contributed by atoms with E-state index in [-0.39, 0.29) is 6.04 Å². The van der Waals surface area contributed by atoms with Crippen molar-refractivity contribution in [1.82, 2.24) is 0 Å². The normalized spacial score (nSPS) is 15.3. The van der Waals surface area contributed by atoms with Gasteiger partial charge in [-0.25, -0.2) is 0 Å².